The van der Waals surface area contributed by atoms with E-state index in [1.165, 1.54) is 19.3 Å². The molecule has 1 aromatic heterocycles. The summed E-state index contributed by atoms with van der Waals surface area (Å²) in [5.74, 6) is 0.284. The SMILES string of the molecule is N#CC1(n2cc([C@@H](NC(=O)C3=CC=NC3)C3CCCCC3)nn2)CC1. The van der Waals surface area contributed by atoms with Crippen LogP contribution >= 0.6 is 0 Å². The molecular weight excluding hydrogens is 316 g/mol. The monoisotopic (exact) mass is 338 g/mol. The van der Waals surface area contributed by atoms with Gasteiger partial charge in [-0.15, -0.1) is 5.10 Å². The Labute approximate surface area is 146 Å². The van der Waals surface area contributed by atoms with Gasteiger partial charge in [0.05, 0.1) is 24.9 Å². The minimum Gasteiger partial charge on any atom is -0.343 e. The first kappa shape index (κ1) is 16.0. The first-order chi connectivity index (χ1) is 12.2. The third-order valence-corrected chi connectivity index (χ3v) is 5.54. The molecule has 2 fully saturated rings. The molecule has 2 saturated carbocycles. The van der Waals surface area contributed by atoms with Crippen LogP contribution < -0.4 is 5.32 Å². The molecule has 1 N–H and O–H groups in total. The zero-order chi connectivity index (χ0) is 17.3. The maximum absolute atomic E-state index is 12.6. The van der Waals surface area contributed by atoms with Crippen LogP contribution in [0.5, 0.6) is 0 Å². The van der Waals surface area contributed by atoms with Crippen molar-refractivity contribution in [3.05, 3.63) is 23.5 Å². The van der Waals surface area contributed by atoms with Gasteiger partial charge in [0.15, 0.2) is 5.54 Å². The van der Waals surface area contributed by atoms with E-state index in [2.05, 4.69) is 26.7 Å². The van der Waals surface area contributed by atoms with Gasteiger partial charge in [0.25, 0.3) is 0 Å². The molecule has 1 atom stereocenters. The summed E-state index contributed by atoms with van der Waals surface area (Å²) in [5.41, 5.74) is 0.930. The van der Waals surface area contributed by atoms with Crippen molar-refractivity contribution < 1.29 is 4.79 Å². The molecule has 130 valence electrons. The molecule has 3 aliphatic rings. The Morgan fingerprint density at radius 2 is 2.16 bits per heavy atom. The van der Waals surface area contributed by atoms with Crippen LogP contribution in [0.2, 0.25) is 0 Å². The van der Waals surface area contributed by atoms with Crippen LogP contribution in [0.1, 0.15) is 56.7 Å². The highest BCUT2D eigenvalue weighted by atomic mass is 16.1. The van der Waals surface area contributed by atoms with Crippen LogP contribution in [0.15, 0.2) is 22.8 Å². The smallest absolute Gasteiger partial charge is 0.249 e. The van der Waals surface area contributed by atoms with Crippen molar-refractivity contribution in [2.45, 2.75) is 56.5 Å². The Hall–Kier alpha value is -2.49. The Kier molecular flexibility index (Phi) is 4.12. The molecule has 2 aliphatic carbocycles. The number of aromatic nitrogens is 3. The molecule has 0 spiro atoms. The van der Waals surface area contributed by atoms with Gasteiger partial charge in [-0.25, -0.2) is 4.68 Å². The van der Waals surface area contributed by atoms with Gasteiger partial charge >= 0.3 is 0 Å². The van der Waals surface area contributed by atoms with Gasteiger partial charge in [-0.2, -0.15) is 5.26 Å². The average molecular weight is 338 g/mol. The van der Waals surface area contributed by atoms with E-state index in [-0.39, 0.29) is 11.9 Å². The lowest BCUT2D eigenvalue weighted by Gasteiger charge is -2.29. The fraction of sp³-hybridized carbons (Fsp3) is 0.611. The van der Waals surface area contributed by atoms with E-state index in [0.717, 1.165) is 31.4 Å². The number of nitriles is 1. The second kappa shape index (κ2) is 6.43. The normalized spacial score (nSPS) is 22.9. The van der Waals surface area contributed by atoms with E-state index >= 15 is 0 Å². The van der Waals surface area contributed by atoms with E-state index in [4.69, 9.17) is 0 Å². The van der Waals surface area contributed by atoms with Gasteiger partial charge in [0, 0.05) is 11.8 Å². The second-order valence-electron chi connectivity index (χ2n) is 7.26. The molecule has 25 heavy (non-hydrogen) atoms. The molecule has 7 nitrogen and oxygen atoms in total. The molecule has 0 radical (unpaired) electrons. The van der Waals surface area contributed by atoms with E-state index in [1.807, 2.05) is 6.20 Å². The van der Waals surface area contributed by atoms with E-state index in [1.54, 1.807) is 17.0 Å². The maximum Gasteiger partial charge on any atom is 0.249 e. The fourth-order valence-corrected chi connectivity index (χ4v) is 3.77. The molecule has 2 heterocycles. The van der Waals surface area contributed by atoms with Gasteiger partial charge in [-0.1, -0.05) is 24.5 Å². The largest absolute Gasteiger partial charge is 0.343 e. The Morgan fingerprint density at radius 1 is 1.36 bits per heavy atom. The predicted octanol–water partition coefficient (Wildman–Crippen LogP) is 2.04. The van der Waals surface area contributed by atoms with E-state index < -0.39 is 5.54 Å². The van der Waals surface area contributed by atoms with Crippen molar-refractivity contribution in [3.63, 3.8) is 0 Å². The highest BCUT2D eigenvalue weighted by Gasteiger charge is 2.47. The number of nitrogens with one attached hydrogen (secondary N) is 1. The summed E-state index contributed by atoms with van der Waals surface area (Å²) in [5, 5.41) is 21.0. The zero-order valence-electron chi connectivity index (χ0n) is 14.2. The summed E-state index contributed by atoms with van der Waals surface area (Å²) >= 11 is 0. The highest BCUT2D eigenvalue weighted by Crippen LogP contribution is 2.42. The van der Waals surface area contributed by atoms with Crippen molar-refractivity contribution in [2.75, 3.05) is 6.54 Å². The number of carbonyl (C=O) groups excluding carboxylic acids is 1. The van der Waals surface area contributed by atoms with Crippen LogP contribution in [0, 0.1) is 17.2 Å². The van der Waals surface area contributed by atoms with Crippen molar-refractivity contribution in [1.82, 2.24) is 20.3 Å². The molecule has 1 aromatic rings. The molecule has 0 saturated heterocycles. The predicted molar refractivity (Wildman–Crippen MR) is 91.7 cm³/mol. The first-order valence-corrected chi connectivity index (χ1v) is 9.06. The lowest BCUT2D eigenvalue weighted by atomic mass is 9.82. The number of amides is 1. The summed E-state index contributed by atoms with van der Waals surface area (Å²) in [7, 11) is 0. The summed E-state index contributed by atoms with van der Waals surface area (Å²) in [6.07, 6.45) is 12.7. The maximum atomic E-state index is 12.6. The van der Waals surface area contributed by atoms with Gasteiger partial charge in [0.2, 0.25) is 5.91 Å². The van der Waals surface area contributed by atoms with E-state index in [0.29, 0.717) is 18.0 Å². The first-order valence-electron chi connectivity index (χ1n) is 9.06. The third kappa shape index (κ3) is 3.09. The minimum atomic E-state index is -0.520. The standard InChI is InChI=1S/C18H22N6O/c19-12-18(7-8-18)24-11-15(22-23-24)16(13-4-2-1-3-5-13)21-17(25)14-6-9-20-10-14/h6,9,11,13,16H,1-5,7-8,10H2,(H,21,25)/t16-/m0/s1. The molecule has 0 unspecified atom stereocenters. The zero-order valence-corrected chi connectivity index (χ0v) is 14.2. The number of rotatable bonds is 5. The van der Waals surface area contributed by atoms with E-state index in [9.17, 15) is 10.1 Å². The fourth-order valence-electron chi connectivity index (χ4n) is 3.77. The minimum absolute atomic E-state index is 0.0796. The average Bonchev–Trinajstić information content (AvgIpc) is 3.05. The van der Waals surface area contributed by atoms with Gasteiger partial charge in [0.1, 0.15) is 5.69 Å². The van der Waals surface area contributed by atoms with Crippen molar-refractivity contribution in [3.8, 4) is 6.07 Å². The Morgan fingerprint density at radius 3 is 2.80 bits per heavy atom. The van der Waals surface area contributed by atoms with Crippen LogP contribution in [0.4, 0.5) is 0 Å². The molecule has 4 rings (SSSR count). The van der Waals surface area contributed by atoms with Crippen LogP contribution in [0.25, 0.3) is 0 Å². The molecular formula is C18H22N6O. The number of aliphatic imine (C=N–C) groups is 1. The topological polar surface area (TPSA) is 96.0 Å². The quantitative estimate of drug-likeness (QED) is 0.888. The van der Waals surface area contributed by atoms with Crippen LogP contribution in [0.3, 0.4) is 0 Å². The van der Waals surface area contributed by atoms with Crippen molar-refractivity contribution >= 4 is 12.1 Å². The van der Waals surface area contributed by atoms with Gasteiger partial charge < -0.3 is 5.32 Å². The molecule has 0 aromatic carbocycles. The van der Waals surface area contributed by atoms with Crippen molar-refractivity contribution in [1.29, 1.82) is 5.26 Å². The lowest BCUT2D eigenvalue weighted by Crippen LogP contribution is -2.35. The lowest BCUT2D eigenvalue weighted by molar-refractivity contribution is -0.118. The molecule has 1 aliphatic heterocycles. The Balaban J connectivity index is 1.56. The summed E-state index contributed by atoms with van der Waals surface area (Å²) in [4.78, 5) is 16.7. The van der Waals surface area contributed by atoms with Crippen molar-refractivity contribution in [2.24, 2.45) is 10.9 Å². The molecule has 1 amide bonds. The Bertz CT molecular complexity index is 761. The summed E-state index contributed by atoms with van der Waals surface area (Å²) in [6.45, 7) is 0.438. The van der Waals surface area contributed by atoms with Gasteiger partial charge in [-0.05, 0) is 37.7 Å². The number of hydrogen-bond donors (Lipinski definition) is 1. The second-order valence-corrected chi connectivity index (χ2v) is 7.26. The van der Waals surface area contributed by atoms with Crippen LogP contribution in [-0.2, 0) is 10.3 Å². The number of hydrogen-bond acceptors (Lipinski definition) is 5. The van der Waals surface area contributed by atoms with Crippen LogP contribution in [-0.4, -0.2) is 33.7 Å². The van der Waals surface area contributed by atoms with Gasteiger partial charge in [-0.3, -0.25) is 9.79 Å². The summed E-state index contributed by atoms with van der Waals surface area (Å²) < 4.78 is 1.68. The summed E-state index contributed by atoms with van der Waals surface area (Å²) in [6, 6.07) is 2.18. The number of allylic oxidation sites excluding steroid dienone is 1. The third-order valence-electron chi connectivity index (χ3n) is 5.54. The molecule has 0 bridgehead atoms. The highest BCUT2D eigenvalue weighted by molar-refractivity contribution is 5.99. The molecule has 7 heteroatoms. The number of carbonyl (C=O) groups is 1. The number of nitrogens with zero attached hydrogens (tertiary/aromatic N) is 5.